The van der Waals surface area contributed by atoms with E-state index in [-0.39, 0.29) is 11.5 Å². The van der Waals surface area contributed by atoms with Gasteiger partial charge >= 0.3 is 5.97 Å². The lowest BCUT2D eigenvalue weighted by Gasteiger charge is -2.05. The summed E-state index contributed by atoms with van der Waals surface area (Å²) in [6, 6.07) is 4.48. The fourth-order valence-electron chi connectivity index (χ4n) is 1.45. The minimum Gasteiger partial charge on any atom is -0.478 e. The van der Waals surface area contributed by atoms with Gasteiger partial charge in [-0.25, -0.2) is 9.78 Å². The molecule has 2 rings (SSSR count). The van der Waals surface area contributed by atoms with Crippen LogP contribution >= 0.6 is 27.3 Å². The normalized spacial score (nSPS) is 10.2. The molecule has 1 aromatic carbocycles. The average Bonchev–Trinajstić information content (AvgIpc) is 2.75. The number of benzene rings is 1. The summed E-state index contributed by atoms with van der Waals surface area (Å²) in [5, 5.41) is 14.0. The number of aryl methyl sites for hydroxylation is 1. The molecule has 1 amide bonds. The Morgan fingerprint density at radius 3 is 2.68 bits per heavy atom. The Morgan fingerprint density at radius 1 is 1.37 bits per heavy atom. The van der Waals surface area contributed by atoms with Gasteiger partial charge in [0.15, 0.2) is 0 Å². The highest BCUT2D eigenvalue weighted by Gasteiger charge is 2.12. The molecule has 5 nitrogen and oxygen atoms in total. The molecule has 0 bridgehead atoms. The maximum absolute atomic E-state index is 11.9. The van der Waals surface area contributed by atoms with Gasteiger partial charge in [0.05, 0.1) is 10.6 Å². The number of carboxylic acid groups (broad SMARTS) is 1. The molecule has 19 heavy (non-hydrogen) atoms. The highest BCUT2D eigenvalue weighted by atomic mass is 79.9. The van der Waals surface area contributed by atoms with Crippen molar-refractivity contribution in [2.24, 2.45) is 0 Å². The minimum atomic E-state index is -1.05. The molecule has 1 aromatic heterocycles. The number of hydrogen-bond acceptors (Lipinski definition) is 4. The predicted octanol–water partition coefficient (Wildman–Crippen LogP) is 3.16. The molecule has 7 heteroatoms. The molecule has 0 fully saturated rings. The van der Waals surface area contributed by atoms with Crippen molar-refractivity contribution in [1.29, 1.82) is 0 Å². The van der Waals surface area contributed by atoms with Crippen LogP contribution in [0.2, 0.25) is 0 Å². The predicted molar refractivity (Wildman–Crippen MR) is 75.9 cm³/mol. The molecule has 2 N–H and O–H groups in total. The molecule has 0 aliphatic heterocycles. The second-order valence-electron chi connectivity index (χ2n) is 3.74. The standard InChI is InChI=1S/C12H9BrN2O3S/c1-6-14-10(5-19-6)11(16)15-9-3-7(12(17)18)2-8(13)4-9/h2-5H,1H3,(H,15,16)(H,17,18). The molecule has 0 aliphatic rings. The topological polar surface area (TPSA) is 79.3 Å². The second-order valence-corrected chi connectivity index (χ2v) is 5.72. The molecular weight excluding hydrogens is 332 g/mol. The molecular formula is C12H9BrN2O3S. The van der Waals surface area contributed by atoms with Crippen molar-refractivity contribution in [3.63, 3.8) is 0 Å². The molecule has 0 atom stereocenters. The number of aromatic carboxylic acids is 1. The first-order valence-corrected chi connectivity index (χ1v) is 6.90. The summed E-state index contributed by atoms with van der Waals surface area (Å²) < 4.78 is 0.581. The fourth-order valence-corrected chi connectivity index (χ4v) is 2.53. The van der Waals surface area contributed by atoms with Crippen LogP contribution in [0.15, 0.2) is 28.1 Å². The Hall–Kier alpha value is -1.73. The van der Waals surface area contributed by atoms with Crippen molar-refractivity contribution in [2.45, 2.75) is 6.92 Å². The van der Waals surface area contributed by atoms with Gasteiger partial charge in [-0.2, -0.15) is 0 Å². The zero-order valence-electron chi connectivity index (χ0n) is 9.81. The number of rotatable bonds is 3. The van der Waals surface area contributed by atoms with E-state index in [1.54, 1.807) is 11.4 Å². The lowest BCUT2D eigenvalue weighted by Crippen LogP contribution is -2.13. The Morgan fingerprint density at radius 2 is 2.11 bits per heavy atom. The third-order valence-corrected chi connectivity index (χ3v) is 3.49. The zero-order chi connectivity index (χ0) is 14.0. The van der Waals surface area contributed by atoms with Crippen LogP contribution in [0.4, 0.5) is 5.69 Å². The zero-order valence-corrected chi connectivity index (χ0v) is 12.2. The quantitative estimate of drug-likeness (QED) is 0.899. The number of hydrogen-bond donors (Lipinski definition) is 2. The van der Waals surface area contributed by atoms with E-state index in [2.05, 4.69) is 26.2 Å². The van der Waals surface area contributed by atoms with Crippen LogP contribution < -0.4 is 5.32 Å². The Labute approximate surface area is 121 Å². The van der Waals surface area contributed by atoms with Crippen LogP contribution in [0.5, 0.6) is 0 Å². The van der Waals surface area contributed by atoms with E-state index in [1.807, 2.05) is 6.92 Å². The Bertz CT molecular complexity index is 654. The van der Waals surface area contributed by atoms with Gasteiger partial charge in [-0.3, -0.25) is 4.79 Å². The van der Waals surface area contributed by atoms with Crippen molar-refractivity contribution >= 4 is 44.8 Å². The Balaban J connectivity index is 2.23. The monoisotopic (exact) mass is 340 g/mol. The van der Waals surface area contributed by atoms with Gasteiger partial charge in [0, 0.05) is 15.5 Å². The first-order chi connectivity index (χ1) is 8.95. The van der Waals surface area contributed by atoms with Gasteiger partial charge < -0.3 is 10.4 Å². The number of amides is 1. The fraction of sp³-hybridized carbons (Fsp3) is 0.0833. The number of carbonyl (C=O) groups is 2. The van der Waals surface area contributed by atoms with Gasteiger partial charge in [0.1, 0.15) is 5.69 Å². The van der Waals surface area contributed by atoms with E-state index >= 15 is 0 Å². The smallest absolute Gasteiger partial charge is 0.335 e. The molecule has 1 heterocycles. The van der Waals surface area contributed by atoms with Gasteiger partial charge in [0.2, 0.25) is 0 Å². The molecule has 0 saturated carbocycles. The van der Waals surface area contributed by atoms with Crippen LogP contribution in [-0.2, 0) is 0 Å². The van der Waals surface area contributed by atoms with Crippen LogP contribution in [-0.4, -0.2) is 22.0 Å². The van der Waals surface area contributed by atoms with Crippen LogP contribution in [0.25, 0.3) is 0 Å². The molecule has 0 aliphatic carbocycles. The molecule has 2 aromatic rings. The lowest BCUT2D eigenvalue weighted by atomic mass is 10.2. The van der Waals surface area contributed by atoms with Gasteiger partial charge in [-0.05, 0) is 25.1 Å². The van der Waals surface area contributed by atoms with E-state index in [1.165, 1.54) is 23.5 Å². The number of carbonyl (C=O) groups excluding carboxylic acids is 1. The van der Waals surface area contributed by atoms with Crippen LogP contribution in [0.3, 0.4) is 0 Å². The number of halogens is 1. The van der Waals surface area contributed by atoms with Gasteiger partial charge in [-0.1, -0.05) is 15.9 Å². The maximum Gasteiger partial charge on any atom is 0.335 e. The minimum absolute atomic E-state index is 0.0964. The number of aromatic nitrogens is 1. The van der Waals surface area contributed by atoms with Crippen molar-refractivity contribution in [3.8, 4) is 0 Å². The largest absolute Gasteiger partial charge is 0.478 e. The molecule has 0 saturated heterocycles. The molecule has 0 radical (unpaired) electrons. The summed E-state index contributed by atoms with van der Waals surface area (Å²) in [4.78, 5) is 26.9. The third-order valence-electron chi connectivity index (χ3n) is 2.25. The van der Waals surface area contributed by atoms with Gasteiger partial charge in [0.25, 0.3) is 5.91 Å². The van der Waals surface area contributed by atoms with E-state index in [4.69, 9.17) is 5.11 Å². The lowest BCUT2D eigenvalue weighted by molar-refractivity contribution is 0.0696. The van der Waals surface area contributed by atoms with Crippen molar-refractivity contribution in [3.05, 3.63) is 44.3 Å². The number of nitrogens with zero attached hydrogens (tertiary/aromatic N) is 1. The van der Waals surface area contributed by atoms with Crippen LogP contribution in [0.1, 0.15) is 25.9 Å². The average molecular weight is 341 g/mol. The molecule has 0 spiro atoms. The number of carboxylic acids is 1. The SMILES string of the molecule is Cc1nc(C(=O)Nc2cc(Br)cc(C(=O)O)c2)cs1. The molecule has 98 valence electrons. The van der Waals surface area contributed by atoms with E-state index in [9.17, 15) is 9.59 Å². The highest BCUT2D eigenvalue weighted by Crippen LogP contribution is 2.20. The van der Waals surface area contributed by atoms with E-state index in [0.717, 1.165) is 5.01 Å². The van der Waals surface area contributed by atoms with Crippen molar-refractivity contribution in [1.82, 2.24) is 4.98 Å². The van der Waals surface area contributed by atoms with Crippen molar-refractivity contribution in [2.75, 3.05) is 5.32 Å². The second kappa shape index (κ2) is 5.50. The van der Waals surface area contributed by atoms with Crippen LogP contribution in [0, 0.1) is 6.92 Å². The third kappa shape index (κ3) is 3.39. The summed E-state index contributed by atoms with van der Waals surface area (Å²) in [6.45, 7) is 1.81. The summed E-state index contributed by atoms with van der Waals surface area (Å²) in [7, 11) is 0. The number of thiazole rings is 1. The van der Waals surface area contributed by atoms with Crippen molar-refractivity contribution < 1.29 is 14.7 Å². The van der Waals surface area contributed by atoms with Gasteiger partial charge in [-0.15, -0.1) is 11.3 Å². The summed E-state index contributed by atoms with van der Waals surface area (Å²) in [6.07, 6.45) is 0. The number of anilines is 1. The maximum atomic E-state index is 11.9. The summed E-state index contributed by atoms with van der Waals surface area (Å²) in [5.74, 6) is -1.42. The number of nitrogens with one attached hydrogen (secondary N) is 1. The summed E-state index contributed by atoms with van der Waals surface area (Å²) in [5.41, 5.74) is 0.820. The Kier molecular flexibility index (Phi) is 3.96. The molecule has 0 unspecified atom stereocenters. The highest BCUT2D eigenvalue weighted by molar-refractivity contribution is 9.10. The van der Waals surface area contributed by atoms with E-state index in [0.29, 0.717) is 15.9 Å². The van der Waals surface area contributed by atoms with E-state index < -0.39 is 5.97 Å². The first-order valence-electron chi connectivity index (χ1n) is 5.23. The first kappa shape index (κ1) is 13.7. The summed E-state index contributed by atoms with van der Waals surface area (Å²) >= 11 is 4.58.